The van der Waals surface area contributed by atoms with Crippen molar-refractivity contribution in [2.24, 2.45) is 0 Å². The van der Waals surface area contributed by atoms with E-state index in [-0.39, 0.29) is 31.1 Å². The van der Waals surface area contributed by atoms with E-state index < -0.39 is 6.10 Å². The summed E-state index contributed by atoms with van der Waals surface area (Å²) >= 11 is 0. The Bertz CT molecular complexity index is 1650. The van der Waals surface area contributed by atoms with Gasteiger partial charge in [-0.25, -0.2) is 0 Å². The molecule has 0 aliphatic rings. The van der Waals surface area contributed by atoms with E-state index in [0.29, 0.717) is 19.3 Å². The molecule has 456 valence electrons. The minimum absolute atomic E-state index is 0.0829. The van der Waals surface area contributed by atoms with Crippen molar-refractivity contribution in [3.05, 3.63) is 122 Å². The molecule has 0 heterocycles. The fourth-order valence-electron chi connectivity index (χ4n) is 9.20. The first-order valence-corrected chi connectivity index (χ1v) is 33.5. The third-order valence-corrected chi connectivity index (χ3v) is 14.2. The van der Waals surface area contributed by atoms with E-state index in [9.17, 15) is 14.4 Å². The highest BCUT2D eigenvalue weighted by Gasteiger charge is 2.19. The molecule has 0 bridgehead atoms. The number of hydrogen-bond acceptors (Lipinski definition) is 6. The van der Waals surface area contributed by atoms with Gasteiger partial charge in [0.1, 0.15) is 13.2 Å². The molecule has 6 nitrogen and oxygen atoms in total. The second-order valence-electron chi connectivity index (χ2n) is 22.0. The van der Waals surface area contributed by atoms with E-state index in [1.165, 1.54) is 135 Å². The zero-order valence-electron chi connectivity index (χ0n) is 52.3. The number of hydrogen-bond donors (Lipinski definition) is 0. The molecular formula is C74H124O6. The molecule has 0 fully saturated rings. The molecule has 0 amide bonds. The van der Waals surface area contributed by atoms with Gasteiger partial charge < -0.3 is 14.2 Å². The van der Waals surface area contributed by atoms with Crippen LogP contribution in [-0.4, -0.2) is 37.2 Å². The van der Waals surface area contributed by atoms with Gasteiger partial charge in [-0.2, -0.15) is 0 Å². The van der Waals surface area contributed by atoms with Crippen LogP contribution in [0.1, 0.15) is 310 Å². The first-order chi connectivity index (χ1) is 39.5. The maximum atomic E-state index is 12.9. The van der Waals surface area contributed by atoms with Gasteiger partial charge in [0.05, 0.1) is 0 Å². The summed E-state index contributed by atoms with van der Waals surface area (Å²) in [5.41, 5.74) is 0. The standard InChI is InChI=1S/C74H124O6/c1-4-7-10-13-16-19-22-25-27-28-29-30-31-32-33-34-35-36-37-38-39-40-41-42-43-44-45-46-48-49-52-55-58-61-64-67-73(76)79-70-71(69-78-72(75)66-63-60-57-54-51-24-21-18-15-12-9-6-3)80-74(77)68-65-62-59-56-53-50-47-26-23-20-17-14-11-8-5-2/h7,10,16,19,25-27,29-30,32-33,35-36,38-39,41-42,44-45,47,71H,4-6,8-9,11-15,17-18,20-24,28,31,34,37,40,43,46,48-70H2,1-3H3/b10-7-,19-16-,27-25-,30-29-,33-32-,36-35-,39-38-,42-41-,45-44-,47-26-. The van der Waals surface area contributed by atoms with Crippen molar-refractivity contribution < 1.29 is 28.6 Å². The van der Waals surface area contributed by atoms with Gasteiger partial charge in [0, 0.05) is 19.3 Å². The van der Waals surface area contributed by atoms with Crippen LogP contribution in [0.3, 0.4) is 0 Å². The average molecular weight is 1110 g/mol. The highest BCUT2D eigenvalue weighted by Crippen LogP contribution is 2.16. The minimum atomic E-state index is -0.787. The maximum absolute atomic E-state index is 12.9. The molecule has 0 aliphatic heterocycles. The molecular weight excluding hydrogens is 985 g/mol. The molecule has 0 saturated carbocycles. The lowest BCUT2D eigenvalue weighted by Gasteiger charge is -2.18. The molecule has 0 spiro atoms. The molecule has 0 saturated heterocycles. The monoisotopic (exact) mass is 1110 g/mol. The Kier molecular flexibility index (Phi) is 63.8. The van der Waals surface area contributed by atoms with E-state index in [1.807, 2.05) is 0 Å². The molecule has 0 aromatic carbocycles. The summed E-state index contributed by atoms with van der Waals surface area (Å²) in [6.07, 6.45) is 93.6. The second kappa shape index (κ2) is 67.3. The van der Waals surface area contributed by atoms with Gasteiger partial charge in [-0.05, 0) is 116 Å². The van der Waals surface area contributed by atoms with Gasteiger partial charge in [-0.1, -0.05) is 296 Å². The summed E-state index contributed by atoms with van der Waals surface area (Å²) in [4.78, 5) is 38.3. The lowest BCUT2D eigenvalue weighted by atomic mass is 10.0. The quantitative estimate of drug-likeness (QED) is 0.0261. The summed E-state index contributed by atoms with van der Waals surface area (Å²) in [7, 11) is 0. The third kappa shape index (κ3) is 64.6. The van der Waals surface area contributed by atoms with Gasteiger partial charge in [0.15, 0.2) is 6.10 Å². The molecule has 0 radical (unpaired) electrons. The van der Waals surface area contributed by atoms with Crippen LogP contribution in [-0.2, 0) is 28.6 Å². The highest BCUT2D eigenvalue weighted by atomic mass is 16.6. The summed E-state index contributed by atoms with van der Waals surface area (Å²) < 4.78 is 16.9. The molecule has 1 atom stereocenters. The summed E-state index contributed by atoms with van der Waals surface area (Å²) in [5, 5.41) is 0. The Labute approximate surface area is 494 Å². The lowest BCUT2D eigenvalue weighted by molar-refractivity contribution is -0.167. The van der Waals surface area contributed by atoms with E-state index in [0.717, 1.165) is 135 Å². The summed E-state index contributed by atoms with van der Waals surface area (Å²) in [5.74, 6) is -0.896. The molecule has 1 unspecified atom stereocenters. The molecule has 80 heavy (non-hydrogen) atoms. The number of allylic oxidation sites excluding steroid dienone is 20. The van der Waals surface area contributed by atoms with E-state index in [4.69, 9.17) is 14.2 Å². The zero-order valence-corrected chi connectivity index (χ0v) is 52.3. The van der Waals surface area contributed by atoms with Crippen molar-refractivity contribution in [3.63, 3.8) is 0 Å². The number of rotatable bonds is 60. The zero-order chi connectivity index (χ0) is 57.8. The predicted molar refractivity (Wildman–Crippen MR) is 348 cm³/mol. The van der Waals surface area contributed by atoms with Crippen LogP contribution in [0.15, 0.2) is 122 Å². The van der Waals surface area contributed by atoms with Gasteiger partial charge in [-0.3, -0.25) is 14.4 Å². The molecule has 6 heteroatoms. The highest BCUT2D eigenvalue weighted by molar-refractivity contribution is 5.71. The first-order valence-electron chi connectivity index (χ1n) is 33.5. The van der Waals surface area contributed by atoms with Crippen LogP contribution >= 0.6 is 0 Å². The Morgan fingerprint density at radius 1 is 0.263 bits per heavy atom. The first kappa shape index (κ1) is 75.8. The molecule has 0 aromatic rings. The molecule has 0 aromatic heterocycles. The predicted octanol–water partition coefficient (Wildman–Crippen LogP) is 23.2. The summed E-state index contributed by atoms with van der Waals surface area (Å²) in [6, 6.07) is 0. The van der Waals surface area contributed by atoms with Crippen molar-refractivity contribution in [3.8, 4) is 0 Å². The second-order valence-corrected chi connectivity index (χ2v) is 22.0. The van der Waals surface area contributed by atoms with E-state index in [2.05, 4.69) is 142 Å². The Hall–Kier alpha value is -4.19. The van der Waals surface area contributed by atoms with Crippen LogP contribution in [0.5, 0.6) is 0 Å². The third-order valence-electron chi connectivity index (χ3n) is 14.2. The minimum Gasteiger partial charge on any atom is -0.462 e. The van der Waals surface area contributed by atoms with Crippen LogP contribution in [0.2, 0.25) is 0 Å². The topological polar surface area (TPSA) is 78.9 Å². The normalized spacial score (nSPS) is 12.9. The lowest BCUT2D eigenvalue weighted by Crippen LogP contribution is -2.30. The van der Waals surface area contributed by atoms with Crippen molar-refractivity contribution >= 4 is 17.9 Å². The number of carbonyl (C=O) groups excluding carboxylic acids is 3. The number of esters is 3. The fraction of sp³-hybridized carbons (Fsp3) is 0.689. The van der Waals surface area contributed by atoms with Gasteiger partial charge in [0.25, 0.3) is 0 Å². The van der Waals surface area contributed by atoms with Crippen molar-refractivity contribution in [1.82, 2.24) is 0 Å². The summed E-state index contributed by atoms with van der Waals surface area (Å²) in [6.45, 7) is 6.52. The number of ether oxygens (including phenoxy) is 3. The van der Waals surface area contributed by atoms with E-state index >= 15 is 0 Å². The Morgan fingerprint density at radius 2 is 0.487 bits per heavy atom. The SMILES string of the molecule is CC/C=C\C/C=C\C/C=C\C/C=C\C/C=C\C/C=C\C/C=C\C/C=C\C/C=C\CCCCCCCCCC(=O)OCC(COC(=O)CCCCCCCCCCCCCC)OC(=O)CCCCCCC/C=C\CCCCCCCC. The van der Waals surface area contributed by atoms with Crippen LogP contribution in [0, 0.1) is 0 Å². The Balaban J connectivity index is 4.24. The van der Waals surface area contributed by atoms with Crippen molar-refractivity contribution in [1.29, 1.82) is 0 Å². The number of carbonyl (C=O) groups is 3. The van der Waals surface area contributed by atoms with Crippen molar-refractivity contribution in [2.75, 3.05) is 13.2 Å². The van der Waals surface area contributed by atoms with Gasteiger partial charge in [0.2, 0.25) is 0 Å². The smallest absolute Gasteiger partial charge is 0.306 e. The van der Waals surface area contributed by atoms with Gasteiger partial charge in [-0.15, -0.1) is 0 Å². The van der Waals surface area contributed by atoms with Crippen LogP contribution < -0.4 is 0 Å². The molecule has 0 rings (SSSR count). The van der Waals surface area contributed by atoms with Gasteiger partial charge >= 0.3 is 17.9 Å². The molecule has 0 N–H and O–H groups in total. The van der Waals surface area contributed by atoms with Crippen LogP contribution in [0.25, 0.3) is 0 Å². The van der Waals surface area contributed by atoms with Crippen molar-refractivity contribution in [2.45, 2.75) is 316 Å². The van der Waals surface area contributed by atoms with E-state index in [1.54, 1.807) is 0 Å². The number of unbranched alkanes of at least 4 members (excludes halogenated alkanes) is 29. The largest absolute Gasteiger partial charge is 0.462 e. The average Bonchev–Trinajstić information content (AvgIpc) is 3.46. The fourth-order valence-corrected chi connectivity index (χ4v) is 9.20. The Morgan fingerprint density at radius 3 is 0.775 bits per heavy atom. The van der Waals surface area contributed by atoms with Crippen LogP contribution in [0.4, 0.5) is 0 Å². The molecule has 0 aliphatic carbocycles. The maximum Gasteiger partial charge on any atom is 0.306 e.